The highest BCUT2D eigenvalue weighted by molar-refractivity contribution is 5.72. The Bertz CT molecular complexity index is 995. The molecule has 2 atom stereocenters. The zero-order valence-electron chi connectivity index (χ0n) is 17.4. The van der Waals surface area contributed by atoms with E-state index in [0.29, 0.717) is 18.7 Å². The summed E-state index contributed by atoms with van der Waals surface area (Å²) in [6.45, 7) is 1.66. The largest absolute Gasteiger partial charge is 0.488 e. The molecule has 2 unspecified atom stereocenters. The third-order valence-corrected chi connectivity index (χ3v) is 6.46. The van der Waals surface area contributed by atoms with Crippen LogP contribution >= 0.6 is 0 Å². The van der Waals surface area contributed by atoms with Gasteiger partial charge < -0.3 is 4.74 Å². The van der Waals surface area contributed by atoms with Crippen LogP contribution < -0.4 is 4.74 Å². The molecule has 0 saturated carbocycles. The monoisotopic (exact) mass is 395 g/mol. The Morgan fingerprint density at radius 3 is 2.23 bits per heavy atom. The maximum atomic E-state index is 6.27. The van der Waals surface area contributed by atoms with Crippen molar-refractivity contribution < 1.29 is 4.74 Å². The highest BCUT2D eigenvalue weighted by Gasteiger charge is 2.34. The van der Waals surface area contributed by atoms with Gasteiger partial charge in [-0.2, -0.15) is 0 Å². The van der Waals surface area contributed by atoms with Gasteiger partial charge in [-0.25, -0.2) is 0 Å². The minimum absolute atomic E-state index is 0.523. The lowest BCUT2D eigenvalue weighted by Crippen LogP contribution is -2.47. The number of fused-ring (bicyclic) bond motifs is 2. The van der Waals surface area contributed by atoms with Crippen LogP contribution in [0.1, 0.15) is 42.4 Å². The smallest absolute Gasteiger partial charge is 0.127 e. The summed E-state index contributed by atoms with van der Waals surface area (Å²) in [4.78, 5) is 2.72. The maximum absolute atomic E-state index is 6.27. The zero-order valence-corrected chi connectivity index (χ0v) is 17.4. The lowest BCUT2D eigenvalue weighted by molar-refractivity contribution is 0.0950. The standard InChI is InChI=1S/C28H29NO/c1-3-10-22(11-4-1)20-29-25-14-9-15-26(29)19-24(18-25)27-16-7-8-17-28(27)30-21-23-12-5-2-6-13-23/h1-8,10-13,16-18,25-26H,9,14-15,19-21H2. The topological polar surface area (TPSA) is 12.5 Å². The summed E-state index contributed by atoms with van der Waals surface area (Å²) in [7, 11) is 0. The number of para-hydroxylation sites is 1. The second-order valence-electron chi connectivity index (χ2n) is 8.48. The summed E-state index contributed by atoms with van der Waals surface area (Å²) >= 11 is 0. The van der Waals surface area contributed by atoms with Gasteiger partial charge in [-0.1, -0.05) is 91.4 Å². The molecule has 0 aromatic heterocycles. The van der Waals surface area contributed by atoms with Crippen molar-refractivity contribution in [2.45, 2.75) is 50.9 Å². The molecule has 2 aliphatic heterocycles. The first kappa shape index (κ1) is 19.1. The molecule has 3 aromatic carbocycles. The van der Waals surface area contributed by atoms with Crippen LogP contribution in [-0.2, 0) is 13.2 Å². The number of benzene rings is 3. The minimum atomic E-state index is 0.523. The van der Waals surface area contributed by atoms with Crippen molar-refractivity contribution in [3.05, 3.63) is 108 Å². The van der Waals surface area contributed by atoms with E-state index in [1.807, 2.05) is 6.07 Å². The van der Waals surface area contributed by atoms with E-state index >= 15 is 0 Å². The molecule has 3 aromatic rings. The van der Waals surface area contributed by atoms with Gasteiger partial charge >= 0.3 is 0 Å². The molecule has 2 heteroatoms. The van der Waals surface area contributed by atoms with Crippen molar-refractivity contribution in [3.8, 4) is 5.75 Å². The van der Waals surface area contributed by atoms with Gasteiger partial charge in [-0.15, -0.1) is 0 Å². The van der Waals surface area contributed by atoms with Crippen LogP contribution in [0.5, 0.6) is 5.75 Å². The Kier molecular flexibility index (Phi) is 5.67. The average molecular weight is 396 g/mol. The fraction of sp³-hybridized carbons (Fsp3) is 0.286. The van der Waals surface area contributed by atoms with Crippen LogP contribution in [0.4, 0.5) is 0 Å². The summed E-state index contributed by atoms with van der Waals surface area (Å²) in [6, 6.07) is 31.0. The van der Waals surface area contributed by atoms with Crippen LogP contribution in [0.3, 0.4) is 0 Å². The zero-order chi connectivity index (χ0) is 20.2. The first-order chi connectivity index (χ1) is 14.9. The molecule has 0 amide bonds. The number of rotatable bonds is 6. The van der Waals surface area contributed by atoms with E-state index < -0.39 is 0 Å². The van der Waals surface area contributed by atoms with Gasteiger partial charge in [-0.3, -0.25) is 4.90 Å². The van der Waals surface area contributed by atoms with Crippen LogP contribution in [-0.4, -0.2) is 17.0 Å². The van der Waals surface area contributed by atoms with E-state index in [-0.39, 0.29) is 0 Å². The summed E-state index contributed by atoms with van der Waals surface area (Å²) in [5, 5.41) is 0. The van der Waals surface area contributed by atoms with Crippen LogP contribution in [0.25, 0.3) is 5.57 Å². The summed E-state index contributed by atoms with van der Waals surface area (Å²) in [6.07, 6.45) is 7.49. The van der Waals surface area contributed by atoms with Gasteiger partial charge in [0, 0.05) is 24.2 Å². The molecule has 2 bridgehead atoms. The second-order valence-corrected chi connectivity index (χ2v) is 8.48. The van der Waals surface area contributed by atoms with E-state index in [1.165, 1.54) is 41.5 Å². The Morgan fingerprint density at radius 2 is 1.47 bits per heavy atom. The molecule has 2 aliphatic rings. The number of ether oxygens (including phenoxy) is 1. The lowest BCUT2D eigenvalue weighted by Gasteiger charge is -2.45. The predicted octanol–water partition coefficient (Wildman–Crippen LogP) is 6.48. The lowest BCUT2D eigenvalue weighted by atomic mass is 9.82. The second kappa shape index (κ2) is 8.89. The van der Waals surface area contributed by atoms with Gasteiger partial charge in [0.05, 0.1) is 0 Å². The van der Waals surface area contributed by atoms with Crippen molar-refractivity contribution in [1.29, 1.82) is 0 Å². The quantitative estimate of drug-likeness (QED) is 0.474. The minimum Gasteiger partial charge on any atom is -0.488 e. The van der Waals surface area contributed by atoms with E-state index in [4.69, 9.17) is 4.74 Å². The Balaban J connectivity index is 1.37. The van der Waals surface area contributed by atoms with Gasteiger partial charge in [0.2, 0.25) is 0 Å². The van der Waals surface area contributed by atoms with E-state index in [2.05, 4.69) is 89.8 Å². The SMILES string of the molecule is C1=C(c2ccccc2OCc2ccccc2)CC2CCCC1N2Cc1ccccc1. The Hall–Kier alpha value is -2.84. The number of hydrogen-bond acceptors (Lipinski definition) is 2. The van der Waals surface area contributed by atoms with Gasteiger partial charge in [0.1, 0.15) is 12.4 Å². The van der Waals surface area contributed by atoms with Crippen LogP contribution in [0.2, 0.25) is 0 Å². The molecule has 0 N–H and O–H groups in total. The Morgan fingerprint density at radius 1 is 0.767 bits per heavy atom. The first-order valence-electron chi connectivity index (χ1n) is 11.1. The molecule has 0 radical (unpaired) electrons. The molecule has 0 spiro atoms. The molecule has 1 saturated heterocycles. The number of nitrogens with zero attached hydrogens (tertiary/aromatic N) is 1. The first-order valence-corrected chi connectivity index (χ1v) is 11.1. The van der Waals surface area contributed by atoms with Gasteiger partial charge in [-0.05, 0) is 42.0 Å². The number of piperidine rings is 1. The number of hydrogen-bond donors (Lipinski definition) is 0. The summed E-state index contributed by atoms with van der Waals surface area (Å²) in [5.74, 6) is 1.00. The molecular weight excluding hydrogens is 366 g/mol. The molecule has 2 nitrogen and oxygen atoms in total. The average Bonchev–Trinajstić information content (AvgIpc) is 2.79. The molecular formula is C28H29NO. The van der Waals surface area contributed by atoms with Crippen molar-refractivity contribution in [2.24, 2.45) is 0 Å². The van der Waals surface area contributed by atoms with Gasteiger partial charge in [0.15, 0.2) is 0 Å². The van der Waals surface area contributed by atoms with Crippen LogP contribution in [0, 0.1) is 0 Å². The molecule has 2 heterocycles. The third-order valence-electron chi connectivity index (χ3n) is 6.46. The van der Waals surface area contributed by atoms with Gasteiger partial charge in [0.25, 0.3) is 0 Å². The third kappa shape index (κ3) is 4.20. The van der Waals surface area contributed by atoms with Crippen molar-refractivity contribution in [2.75, 3.05) is 0 Å². The van der Waals surface area contributed by atoms with Crippen molar-refractivity contribution in [1.82, 2.24) is 4.90 Å². The highest BCUT2D eigenvalue weighted by Crippen LogP contribution is 2.40. The summed E-state index contributed by atoms with van der Waals surface area (Å²) in [5.41, 5.74) is 5.34. The van der Waals surface area contributed by atoms with Crippen molar-refractivity contribution >= 4 is 5.57 Å². The van der Waals surface area contributed by atoms with E-state index in [9.17, 15) is 0 Å². The molecule has 0 aliphatic carbocycles. The predicted molar refractivity (Wildman–Crippen MR) is 123 cm³/mol. The Labute approximate surface area is 179 Å². The highest BCUT2D eigenvalue weighted by atomic mass is 16.5. The summed E-state index contributed by atoms with van der Waals surface area (Å²) < 4.78 is 6.27. The van der Waals surface area contributed by atoms with Crippen LogP contribution in [0.15, 0.2) is 91.0 Å². The normalized spacial score (nSPS) is 21.1. The molecule has 152 valence electrons. The molecule has 30 heavy (non-hydrogen) atoms. The fourth-order valence-electron chi connectivity index (χ4n) is 4.95. The molecule has 5 rings (SSSR count). The van der Waals surface area contributed by atoms with E-state index in [0.717, 1.165) is 18.7 Å². The maximum Gasteiger partial charge on any atom is 0.127 e. The van der Waals surface area contributed by atoms with E-state index in [1.54, 1.807) is 0 Å². The molecule has 1 fully saturated rings. The fourth-order valence-corrected chi connectivity index (χ4v) is 4.95. The van der Waals surface area contributed by atoms with Crippen molar-refractivity contribution in [3.63, 3.8) is 0 Å².